The predicted molar refractivity (Wildman–Crippen MR) is 99.1 cm³/mol. The number of carbonyl (C=O) groups is 1. The van der Waals surface area contributed by atoms with Crippen molar-refractivity contribution in [3.63, 3.8) is 0 Å². The summed E-state index contributed by atoms with van der Waals surface area (Å²) in [5, 5.41) is 0. The number of hydrogen-bond donors (Lipinski definition) is 0. The molecular formula is C20H20BrNO. The van der Waals surface area contributed by atoms with Crippen LogP contribution in [0.3, 0.4) is 0 Å². The molecule has 1 atom stereocenters. The number of halogens is 1. The van der Waals surface area contributed by atoms with E-state index in [4.69, 9.17) is 0 Å². The molecule has 0 radical (unpaired) electrons. The van der Waals surface area contributed by atoms with Crippen LogP contribution in [0.5, 0.6) is 0 Å². The van der Waals surface area contributed by atoms with Crippen molar-refractivity contribution >= 4 is 21.8 Å². The quantitative estimate of drug-likeness (QED) is 0.633. The zero-order valence-corrected chi connectivity index (χ0v) is 14.6. The van der Waals surface area contributed by atoms with Gasteiger partial charge in [-0.25, -0.2) is 0 Å². The van der Waals surface area contributed by atoms with Gasteiger partial charge in [0.2, 0.25) is 5.91 Å². The predicted octanol–water partition coefficient (Wildman–Crippen LogP) is 4.93. The van der Waals surface area contributed by atoms with E-state index < -0.39 is 0 Å². The minimum absolute atomic E-state index is 0.0525. The number of nitrogens with zero attached hydrogens (tertiary/aromatic N) is 1. The molecule has 2 aromatic carbocycles. The monoisotopic (exact) mass is 369 g/mol. The third-order valence-corrected chi connectivity index (χ3v) is 4.35. The maximum atomic E-state index is 12.8. The fraction of sp³-hybridized carbons (Fsp3) is 0.150. The van der Waals surface area contributed by atoms with Crippen LogP contribution in [0.2, 0.25) is 0 Å². The molecule has 2 rings (SSSR count). The van der Waals surface area contributed by atoms with Crippen LogP contribution in [0, 0.1) is 0 Å². The summed E-state index contributed by atoms with van der Waals surface area (Å²) in [5.74, 6) is 0.0525. The summed E-state index contributed by atoms with van der Waals surface area (Å²) in [7, 11) is 0. The van der Waals surface area contributed by atoms with Gasteiger partial charge < -0.3 is 4.90 Å². The minimum atomic E-state index is -0.195. The second-order valence-electron chi connectivity index (χ2n) is 5.20. The van der Waals surface area contributed by atoms with Gasteiger partial charge in [0.05, 0.1) is 12.5 Å². The summed E-state index contributed by atoms with van der Waals surface area (Å²) >= 11 is 3.56. The zero-order chi connectivity index (χ0) is 16.7. The lowest BCUT2D eigenvalue weighted by Gasteiger charge is -2.30. The lowest BCUT2D eigenvalue weighted by atomic mass is 10.0. The fourth-order valence-electron chi connectivity index (χ4n) is 2.52. The number of benzene rings is 2. The molecule has 0 fully saturated rings. The third kappa shape index (κ3) is 4.42. The smallest absolute Gasteiger partial charge is 0.228 e. The Morgan fingerprint density at radius 2 is 1.74 bits per heavy atom. The SMILES string of the molecule is C=CCN(C(=O)Cc1ccccc1)C(C=C)c1ccccc1Br. The Bertz CT molecular complexity index is 681. The van der Waals surface area contributed by atoms with Gasteiger partial charge in [-0.1, -0.05) is 76.6 Å². The van der Waals surface area contributed by atoms with Gasteiger partial charge in [0.15, 0.2) is 0 Å². The molecule has 3 heteroatoms. The largest absolute Gasteiger partial charge is 0.328 e. The first-order valence-corrected chi connectivity index (χ1v) is 8.28. The van der Waals surface area contributed by atoms with E-state index in [2.05, 4.69) is 29.1 Å². The molecule has 0 bridgehead atoms. The molecule has 2 nitrogen and oxygen atoms in total. The number of hydrogen-bond acceptors (Lipinski definition) is 1. The highest BCUT2D eigenvalue weighted by Crippen LogP contribution is 2.29. The fourth-order valence-corrected chi connectivity index (χ4v) is 3.04. The highest BCUT2D eigenvalue weighted by molar-refractivity contribution is 9.10. The molecule has 0 N–H and O–H groups in total. The van der Waals surface area contributed by atoms with Gasteiger partial charge in [-0.3, -0.25) is 4.79 Å². The van der Waals surface area contributed by atoms with Crippen molar-refractivity contribution in [1.29, 1.82) is 0 Å². The number of carbonyl (C=O) groups excluding carboxylic acids is 1. The molecule has 0 aromatic heterocycles. The Kier molecular flexibility index (Phi) is 6.36. The molecule has 0 saturated heterocycles. The van der Waals surface area contributed by atoms with Gasteiger partial charge in [-0.05, 0) is 17.2 Å². The summed E-state index contributed by atoms with van der Waals surface area (Å²) in [6.45, 7) is 8.18. The van der Waals surface area contributed by atoms with Gasteiger partial charge in [0.1, 0.15) is 0 Å². The van der Waals surface area contributed by atoms with Crippen molar-refractivity contribution in [3.8, 4) is 0 Å². The summed E-state index contributed by atoms with van der Waals surface area (Å²) in [5.41, 5.74) is 2.02. The molecule has 0 aliphatic rings. The first kappa shape index (κ1) is 17.2. The Labute approximate surface area is 146 Å². The summed E-state index contributed by atoms with van der Waals surface area (Å²) in [6.07, 6.45) is 3.91. The molecule has 1 amide bonds. The molecule has 0 spiro atoms. The molecule has 118 valence electrons. The molecule has 1 unspecified atom stereocenters. The van der Waals surface area contributed by atoms with Crippen molar-refractivity contribution in [1.82, 2.24) is 4.90 Å². The van der Waals surface area contributed by atoms with Gasteiger partial charge in [0.25, 0.3) is 0 Å². The lowest BCUT2D eigenvalue weighted by Crippen LogP contribution is -2.35. The maximum Gasteiger partial charge on any atom is 0.228 e. The molecule has 0 saturated carbocycles. The van der Waals surface area contributed by atoms with Crippen LogP contribution in [0.15, 0.2) is 84.4 Å². The maximum absolute atomic E-state index is 12.8. The first-order chi connectivity index (χ1) is 11.2. The highest BCUT2D eigenvalue weighted by atomic mass is 79.9. The Morgan fingerprint density at radius 1 is 1.09 bits per heavy atom. The topological polar surface area (TPSA) is 20.3 Å². The van der Waals surface area contributed by atoms with Crippen LogP contribution < -0.4 is 0 Å². The van der Waals surface area contributed by atoms with E-state index in [0.717, 1.165) is 15.6 Å². The second kappa shape index (κ2) is 8.49. The summed E-state index contributed by atoms with van der Waals surface area (Å²) in [6, 6.07) is 17.5. The van der Waals surface area contributed by atoms with Crippen LogP contribution in [0.4, 0.5) is 0 Å². The lowest BCUT2D eigenvalue weighted by molar-refractivity contribution is -0.131. The molecule has 23 heavy (non-hydrogen) atoms. The van der Waals surface area contributed by atoms with E-state index in [1.54, 1.807) is 17.1 Å². The van der Waals surface area contributed by atoms with E-state index in [1.807, 2.05) is 54.6 Å². The summed E-state index contributed by atoms with van der Waals surface area (Å²) < 4.78 is 0.964. The van der Waals surface area contributed by atoms with Crippen molar-refractivity contribution < 1.29 is 4.79 Å². The average Bonchev–Trinajstić information content (AvgIpc) is 2.57. The number of rotatable bonds is 7. The average molecular weight is 370 g/mol. The van der Waals surface area contributed by atoms with Crippen LogP contribution in [0.25, 0.3) is 0 Å². The van der Waals surface area contributed by atoms with E-state index in [-0.39, 0.29) is 11.9 Å². The standard InChI is InChI=1S/C20H20BrNO/c1-3-14-22(20(23)15-16-10-6-5-7-11-16)19(4-2)17-12-8-9-13-18(17)21/h3-13,19H,1-2,14-15H2. The van der Waals surface area contributed by atoms with Gasteiger partial charge in [0, 0.05) is 11.0 Å². The van der Waals surface area contributed by atoms with Crippen molar-refractivity contribution in [2.75, 3.05) is 6.54 Å². The first-order valence-electron chi connectivity index (χ1n) is 7.48. The molecule has 2 aromatic rings. The van der Waals surface area contributed by atoms with E-state index in [9.17, 15) is 4.79 Å². The zero-order valence-electron chi connectivity index (χ0n) is 13.0. The Hall–Kier alpha value is -2.13. The number of amides is 1. The minimum Gasteiger partial charge on any atom is -0.328 e. The van der Waals surface area contributed by atoms with Gasteiger partial charge in [-0.15, -0.1) is 13.2 Å². The molecular weight excluding hydrogens is 350 g/mol. The molecule has 0 aliphatic heterocycles. The van der Waals surface area contributed by atoms with Crippen molar-refractivity contribution in [2.24, 2.45) is 0 Å². The molecule has 0 heterocycles. The normalized spacial score (nSPS) is 11.5. The highest BCUT2D eigenvalue weighted by Gasteiger charge is 2.23. The van der Waals surface area contributed by atoms with Crippen LogP contribution in [-0.2, 0) is 11.2 Å². The van der Waals surface area contributed by atoms with Crippen LogP contribution >= 0.6 is 15.9 Å². The Balaban J connectivity index is 2.28. The third-order valence-electron chi connectivity index (χ3n) is 3.63. The second-order valence-corrected chi connectivity index (χ2v) is 6.05. The summed E-state index contributed by atoms with van der Waals surface area (Å²) in [4.78, 5) is 14.6. The van der Waals surface area contributed by atoms with Gasteiger partial charge in [-0.2, -0.15) is 0 Å². The molecule has 0 aliphatic carbocycles. The van der Waals surface area contributed by atoms with Crippen LogP contribution in [0.1, 0.15) is 17.2 Å². The van der Waals surface area contributed by atoms with E-state index in [1.165, 1.54) is 0 Å². The van der Waals surface area contributed by atoms with Crippen molar-refractivity contribution in [3.05, 3.63) is 95.5 Å². The van der Waals surface area contributed by atoms with Crippen molar-refractivity contribution in [2.45, 2.75) is 12.5 Å². The van der Waals surface area contributed by atoms with Crippen LogP contribution in [-0.4, -0.2) is 17.4 Å². The Morgan fingerprint density at radius 3 is 2.35 bits per heavy atom. The van der Waals surface area contributed by atoms with E-state index >= 15 is 0 Å². The van der Waals surface area contributed by atoms with Gasteiger partial charge >= 0.3 is 0 Å². The van der Waals surface area contributed by atoms with E-state index in [0.29, 0.717) is 13.0 Å².